The van der Waals surface area contributed by atoms with Crippen molar-refractivity contribution in [1.82, 2.24) is 0 Å². The van der Waals surface area contributed by atoms with E-state index in [2.05, 4.69) is 111 Å². The standard InChI is InChI=1S/C48H78O9/c1-3-5-7-9-11-13-15-16-17-18-19-20-21-22-23-24-25-26-27-28-30-32-34-36-38-54-40-42(41-55-48-47(53)46(52)45(51)43(39-49)57-48)56-44(50)37-35-33-31-29-14-12-10-8-6-4-2/h5,7-8,10-11,13,16-17,19-20,22-23,25-26,28,30,42-43,45-49,51-53H,3-4,6,9,12,14-15,18,21,24,27,29,31-41H2,1-2H3/b7-5-,10-8-,13-11-,17-16-,20-19-,23-22-,26-25-,30-28-. The van der Waals surface area contributed by atoms with Gasteiger partial charge in [0.15, 0.2) is 6.29 Å². The quantitative estimate of drug-likeness (QED) is 0.0281. The lowest BCUT2D eigenvalue weighted by atomic mass is 9.99. The molecule has 9 heteroatoms. The zero-order chi connectivity index (χ0) is 41.4. The van der Waals surface area contributed by atoms with E-state index < -0.39 is 43.4 Å². The maximum absolute atomic E-state index is 12.7. The van der Waals surface area contributed by atoms with Crippen LogP contribution in [0.25, 0.3) is 0 Å². The lowest BCUT2D eigenvalue weighted by Gasteiger charge is -2.39. The molecule has 1 rings (SSSR count). The van der Waals surface area contributed by atoms with E-state index in [0.717, 1.165) is 109 Å². The average molecular weight is 799 g/mol. The maximum Gasteiger partial charge on any atom is 0.306 e. The number of unbranched alkanes of at least 4 members (excludes halogenated alkanes) is 8. The second-order valence-corrected chi connectivity index (χ2v) is 14.4. The van der Waals surface area contributed by atoms with Gasteiger partial charge >= 0.3 is 5.97 Å². The van der Waals surface area contributed by atoms with Crippen LogP contribution in [-0.2, 0) is 23.7 Å². The summed E-state index contributed by atoms with van der Waals surface area (Å²) in [5.41, 5.74) is 0. The van der Waals surface area contributed by atoms with Crippen molar-refractivity contribution in [3.8, 4) is 0 Å². The van der Waals surface area contributed by atoms with Crippen molar-refractivity contribution in [3.05, 3.63) is 97.2 Å². The first-order valence-electron chi connectivity index (χ1n) is 21.8. The number of rotatable bonds is 35. The summed E-state index contributed by atoms with van der Waals surface area (Å²) in [6.45, 7) is 4.22. The highest BCUT2D eigenvalue weighted by molar-refractivity contribution is 5.69. The molecule has 0 aromatic rings. The van der Waals surface area contributed by atoms with Crippen molar-refractivity contribution in [2.45, 2.75) is 173 Å². The van der Waals surface area contributed by atoms with Gasteiger partial charge in [-0.3, -0.25) is 4.79 Å². The first-order valence-corrected chi connectivity index (χ1v) is 21.8. The minimum Gasteiger partial charge on any atom is -0.457 e. The topological polar surface area (TPSA) is 135 Å². The second-order valence-electron chi connectivity index (χ2n) is 14.4. The van der Waals surface area contributed by atoms with Gasteiger partial charge in [0.05, 0.1) is 19.8 Å². The fourth-order valence-corrected chi connectivity index (χ4v) is 5.82. The van der Waals surface area contributed by atoms with Crippen LogP contribution >= 0.6 is 0 Å². The van der Waals surface area contributed by atoms with E-state index in [0.29, 0.717) is 6.61 Å². The van der Waals surface area contributed by atoms with Crippen LogP contribution in [0.15, 0.2) is 97.2 Å². The summed E-state index contributed by atoms with van der Waals surface area (Å²) in [6, 6.07) is 0. The zero-order valence-corrected chi connectivity index (χ0v) is 35.3. The molecule has 0 aromatic carbocycles. The van der Waals surface area contributed by atoms with E-state index in [9.17, 15) is 25.2 Å². The molecule has 1 fully saturated rings. The molecule has 0 saturated carbocycles. The smallest absolute Gasteiger partial charge is 0.306 e. The van der Waals surface area contributed by atoms with Crippen molar-refractivity contribution < 1.29 is 44.2 Å². The molecule has 1 heterocycles. The minimum atomic E-state index is -1.55. The molecular formula is C48H78O9. The van der Waals surface area contributed by atoms with Gasteiger partial charge < -0.3 is 39.4 Å². The third-order valence-electron chi connectivity index (χ3n) is 9.22. The predicted molar refractivity (Wildman–Crippen MR) is 233 cm³/mol. The number of hydrogen-bond acceptors (Lipinski definition) is 9. The minimum absolute atomic E-state index is 0.104. The number of esters is 1. The molecule has 0 bridgehead atoms. The Kier molecular flexibility index (Phi) is 35.3. The van der Waals surface area contributed by atoms with Gasteiger partial charge in [-0.2, -0.15) is 0 Å². The number of ether oxygens (including phenoxy) is 4. The van der Waals surface area contributed by atoms with Crippen LogP contribution in [0.2, 0.25) is 0 Å². The van der Waals surface area contributed by atoms with Gasteiger partial charge in [-0.25, -0.2) is 0 Å². The molecule has 0 aromatic heterocycles. The molecule has 9 nitrogen and oxygen atoms in total. The van der Waals surface area contributed by atoms with Gasteiger partial charge in [0.25, 0.3) is 0 Å². The lowest BCUT2D eigenvalue weighted by Crippen LogP contribution is -2.59. The van der Waals surface area contributed by atoms with Crippen LogP contribution in [0.4, 0.5) is 0 Å². The summed E-state index contributed by atoms with van der Waals surface area (Å²) in [4.78, 5) is 12.7. The number of carbonyl (C=O) groups is 1. The fraction of sp³-hybridized carbons (Fsp3) is 0.646. The van der Waals surface area contributed by atoms with E-state index in [1.807, 2.05) is 0 Å². The summed E-state index contributed by atoms with van der Waals surface area (Å²) < 4.78 is 22.7. The Bertz CT molecular complexity index is 1180. The highest BCUT2D eigenvalue weighted by Gasteiger charge is 2.44. The molecule has 1 saturated heterocycles. The first kappa shape index (κ1) is 52.1. The third-order valence-corrected chi connectivity index (χ3v) is 9.22. The number of hydrogen-bond donors (Lipinski definition) is 4. The van der Waals surface area contributed by atoms with Gasteiger partial charge in [0.1, 0.15) is 30.5 Å². The largest absolute Gasteiger partial charge is 0.457 e. The molecule has 1 aliphatic rings. The van der Waals surface area contributed by atoms with Gasteiger partial charge in [0, 0.05) is 13.0 Å². The second kappa shape index (κ2) is 38.6. The molecule has 0 spiro atoms. The Morgan fingerprint density at radius 1 is 0.579 bits per heavy atom. The molecule has 324 valence electrons. The summed E-state index contributed by atoms with van der Waals surface area (Å²) in [7, 11) is 0. The summed E-state index contributed by atoms with van der Waals surface area (Å²) in [5, 5.41) is 40.0. The summed E-state index contributed by atoms with van der Waals surface area (Å²) >= 11 is 0. The summed E-state index contributed by atoms with van der Waals surface area (Å²) in [6.07, 6.45) is 45.9. The van der Waals surface area contributed by atoms with Crippen LogP contribution in [-0.4, -0.2) is 89.6 Å². The van der Waals surface area contributed by atoms with Crippen LogP contribution in [0.1, 0.15) is 136 Å². The number of carbonyl (C=O) groups excluding carboxylic acids is 1. The Morgan fingerprint density at radius 2 is 1.07 bits per heavy atom. The zero-order valence-electron chi connectivity index (χ0n) is 35.3. The number of aliphatic hydroxyl groups excluding tert-OH is 4. The van der Waals surface area contributed by atoms with Crippen molar-refractivity contribution in [2.75, 3.05) is 26.4 Å². The Balaban J connectivity index is 2.29. The van der Waals surface area contributed by atoms with E-state index in [-0.39, 0.29) is 25.6 Å². The van der Waals surface area contributed by atoms with Crippen molar-refractivity contribution in [3.63, 3.8) is 0 Å². The molecule has 0 radical (unpaired) electrons. The Hall–Kier alpha value is -2.89. The van der Waals surface area contributed by atoms with Crippen LogP contribution in [0.3, 0.4) is 0 Å². The molecular weight excluding hydrogens is 721 g/mol. The molecule has 4 N–H and O–H groups in total. The maximum atomic E-state index is 12.7. The Morgan fingerprint density at radius 3 is 1.63 bits per heavy atom. The normalized spacial score (nSPS) is 21.4. The molecule has 1 aliphatic heterocycles. The van der Waals surface area contributed by atoms with E-state index in [1.54, 1.807) is 0 Å². The first-order chi connectivity index (χ1) is 27.9. The Labute approximate surface area is 345 Å². The highest BCUT2D eigenvalue weighted by atomic mass is 16.7. The van der Waals surface area contributed by atoms with Gasteiger partial charge in [-0.1, -0.05) is 137 Å². The molecule has 0 amide bonds. The van der Waals surface area contributed by atoms with Crippen molar-refractivity contribution >= 4 is 5.97 Å². The number of allylic oxidation sites excluding steroid dienone is 16. The molecule has 0 aliphatic carbocycles. The van der Waals surface area contributed by atoms with Gasteiger partial charge in [-0.15, -0.1) is 0 Å². The molecule has 6 unspecified atom stereocenters. The fourth-order valence-electron chi connectivity index (χ4n) is 5.82. The monoisotopic (exact) mass is 799 g/mol. The third kappa shape index (κ3) is 29.9. The van der Waals surface area contributed by atoms with Crippen LogP contribution in [0, 0.1) is 0 Å². The van der Waals surface area contributed by atoms with Crippen molar-refractivity contribution in [1.29, 1.82) is 0 Å². The van der Waals surface area contributed by atoms with Crippen LogP contribution < -0.4 is 0 Å². The highest BCUT2D eigenvalue weighted by Crippen LogP contribution is 2.22. The van der Waals surface area contributed by atoms with E-state index in [1.165, 1.54) is 6.42 Å². The average Bonchev–Trinajstić information content (AvgIpc) is 3.21. The van der Waals surface area contributed by atoms with Gasteiger partial charge in [-0.05, 0) is 89.9 Å². The SMILES string of the molecule is CC/C=C\C/C=C\C/C=C\C/C=C\C/C=C\C/C=C\C/C=C\CCCCOCC(COC1OC(CO)C(O)C(O)C1O)OC(=O)CCCCCCC/C=C\CCC. The van der Waals surface area contributed by atoms with Gasteiger partial charge in [0.2, 0.25) is 0 Å². The molecule has 57 heavy (non-hydrogen) atoms. The molecule has 6 atom stereocenters. The number of aliphatic hydroxyl groups is 4. The van der Waals surface area contributed by atoms with Crippen molar-refractivity contribution in [2.24, 2.45) is 0 Å². The van der Waals surface area contributed by atoms with Crippen LogP contribution in [0.5, 0.6) is 0 Å². The predicted octanol–water partition coefficient (Wildman–Crippen LogP) is 9.63. The van der Waals surface area contributed by atoms with E-state index >= 15 is 0 Å². The lowest BCUT2D eigenvalue weighted by molar-refractivity contribution is -0.305. The summed E-state index contributed by atoms with van der Waals surface area (Å²) in [5.74, 6) is -0.347. The van der Waals surface area contributed by atoms with E-state index in [4.69, 9.17) is 18.9 Å².